The summed E-state index contributed by atoms with van der Waals surface area (Å²) >= 11 is 0. The summed E-state index contributed by atoms with van der Waals surface area (Å²) in [5.41, 5.74) is 3.52. The second kappa shape index (κ2) is 6.26. The van der Waals surface area contributed by atoms with E-state index in [0.29, 0.717) is 5.95 Å². The van der Waals surface area contributed by atoms with Crippen LogP contribution < -0.4 is 16.2 Å². The average molecular weight is 285 g/mol. The van der Waals surface area contributed by atoms with Gasteiger partial charge in [0.2, 0.25) is 5.95 Å². The molecule has 5 nitrogen and oxygen atoms in total. The van der Waals surface area contributed by atoms with Crippen molar-refractivity contribution in [3.63, 3.8) is 0 Å². The summed E-state index contributed by atoms with van der Waals surface area (Å²) in [6.07, 6.45) is 5.05. The Morgan fingerprint density at radius 2 is 2.10 bits per heavy atom. The zero-order valence-electron chi connectivity index (χ0n) is 12.5. The van der Waals surface area contributed by atoms with Crippen LogP contribution in [0.2, 0.25) is 0 Å². The van der Waals surface area contributed by atoms with Gasteiger partial charge in [0.15, 0.2) is 0 Å². The van der Waals surface area contributed by atoms with Gasteiger partial charge in [0.1, 0.15) is 5.82 Å². The maximum atomic E-state index is 5.52. The molecule has 1 fully saturated rings. The minimum atomic E-state index is 0.486. The number of fused-ring (bicyclic) bond motifs is 1. The van der Waals surface area contributed by atoms with E-state index in [9.17, 15) is 0 Å². The number of nitrogens with one attached hydrogen (secondary N) is 1. The molecule has 1 atom stereocenters. The third-order valence-corrected chi connectivity index (χ3v) is 4.44. The number of hydrogen-bond acceptors (Lipinski definition) is 5. The van der Waals surface area contributed by atoms with E-state index in [-0.39, 0.29) is 0 Å². The summed E-state index contributed by atoms with van der Waals surface area (Å²) in [7, 11) is 0. The van der Waals surface area contributed by atoms with Gasteiger partial charge >= 0.3 is 0 Å². The van der Waals surface area contributed by atoms with Crippen LogP contribution >= 0.6 is 0 Å². The third kappa shape index (κ3) is 2.93. The number of nitrogens with zero attached hydrogens (tertiary/aromatic N) is 3. The molecule has 1 aromatic carbocycles. The van der Waals surface area contributed by atoms with E-state index in [0.717, 1.165) is 35.7 Å². The first-order valence-corrected chi connectivity index (χ1v) is 7.80. The molecule has 1 saturated heterocycles. The molecule has 0 aliphatic carbocycles. The fraction of sp³-hybridized carbons (Fsp3) is 0.500. The largest absolute Gasteiger partial charge is 0.356 e. The minimum Gasteiger partial charge on any atom is -0.356 e. The highest BCUT2D eigenvalue weighted by Crippen LogP contribution is 2.29. The molecule has 2 heterocycles. The summed E-state index contributed by atoms with van der Waals surface area (Å²) < 4.78 is 0. The molecule has 1 aromatic heterocycles. The second-order valence-electron chi connectivity index (χ2n) is 5.72. The van der Waals surface area contributed by atoms with Gasteiger partial charge in [-0.1, -0.05) is 25.5 Å². The highest BCUT2D eigenvalue weighted by molar-refractivity contribution is 5.90. The number of anilines is 2. The van der Waals surface area contributed by atoms with Gasteiger partial charge in [-0.15, -0.1) is 0 Å². The van der Waals surface area contributed by atoms with Gasteiger partial charge in [-0.05, 0) is 37.3 Å². The van der Waals surface area contributed by atoms with Crippen LogP contribution in [0, 0.1) is 5.92 Å². The zero-order valence-corrected chi connectivity index (χ0v) is 12.5. The van der Waals surface area contributed by atoms with Crippen molar-refractivity contribution in [2.45, 2.75) is 32.6 Å². The number of aromatic nitrogens is 2. The van der Waals surface area contributed by atoms with Crippen LogP contribution in [-0.4, -0.2) is 23.1 Å². The molecular weight excluding hydrogens is 262 g/mol. The maximum absolute atomic E-state index is 5.52. The highest BCUT2D eigenvalue weighted by atomic mass is 15.3. The number of nitrogen functional groups attached to an aromatic ring is 1. The summed E-state index contributed by atoms with van der Waals surface area (Å²) in [6.45, 7) is 4.40. The van der Waals surface area contributed by atoms with Gasteiger partial charge in [0.25, 0.3) is 0 Å². The summed E-state index contributed by atoms with van der Waals surface area (Å²) in [6, 6.07) is 8.13. The Labute approximate surface area is 125 Å². The van der Waals surface area contributed by atoms with E-state index >= 15 is 0 Å². The van der Waals surface area contributed by atoms with Gasteiger partial charge in [0, 0.05) is 18.5 Å². The van der Waals surface area contributed by atoms with E-state index in [1.54, 1.807) is 0 Å². The molecule has 1 unspecified atom stereocenters. The predicted octanol–water partition coefficient (Wildman–Crippen LogP) is 2.93. The molecule has 0 radical (unpaired) electrons. The van der Waals surface area contributed by atoms with Crippen molar-refractivity contribution in [1.82, 2.24) is 9.97 Å². The van der Waals surface area contributed by atoms with E-state index in [2.05, 4.69) is 33.3 Å². The number of hydrazine groups is 1. The number of nitrogens with two attached hydrogens (primary N) is 1. The van der Waals surface area contributed by atoms with Gasteiger partial charge in [-0.25, -0.2) is 10.8 Å². The number of rotatable bonds is 3. The van der Waals surface area contributed by atoms with E-state index in [4.69, 9.17) is 5.84 Å². The van der Waals surface area contributed by atoms with Crippen LogP contribution in [0.15, 0.2) is 24.3 Å². The molecular formula is C16H23N5. The van der Waals surface area contributed by atoms with Gasteiger partial charge < -0.3 is 4.90 Å². The van der Waals surface area contributed by atoms with E-state index in [1.165, 1.54) is 25.7 Å². The first-order valence-electron chi connectivity index (χ1n) is 7.80. The maximum Gasteiger partial charge on any atom is 0.239 e. The van der Waals surface area contributed by atoms with E-state index < -0.39 is 0 Å². The molecule has 0 bridgehead atoms. The lowest BCUT2D eigenvalue weighted by Gasteiger charge is -2.23. The van der Waals surface area contributed by atoms with Crippen molar-refractivity contribution in [2.75, 3.05) is 23.4 Å². The van der Waals surface area contributed by atoms with Crippen molar-refractivity contribution in [3.05, 3.63) is 24.3 Å². The summed E-state index contributed by atoms with van der Waals surface area (Å²) in [5.74, 6) is 7.85. The number of hydrogen-bond donors (Lipinski definition) is 2. The first kappa shape index (κ1) is 14.1. The normalized spacial score (nSPS) is 19.5. The fourth-order valence-electron chi connectivity index (χ4n) is 3.15. The smallest absolute Gasteiger partial charge is 0.239 e. The van der Waals surface area contributed by atoms with Crippen LogP contribution in [0.1, 0.15) is 32.6 Å². The molecule has 2 aromatic rings. The lowest BCUT2D eigenvalue weighted by molar-refractivity contribution is 0.459. The van der Waals surface area contributed by atoms with Crippen molar-refractivity contribution in [1.29, 1.82) is 0 Å². The Balaban J connectivity index is 1.98. The quantitative estimate of drug-likeness (QED) is 0.670. The highest BCUT2D eigenvalue weighted by Gasteiger charge is 2.19. The lowest BCUT2D eigenvalue weighted by atomic mass is 9.98. The zero-order chi connectivity index (χ0) is 14.7. The monoisotopic (exact) mass is 285 g/mol. The molecule has 0 spiro atoms. The SMILES string of the molecule is CCC1CCCN(c2nc(NN)nc3ccccc23)CC1. The van der Waals surface area contributed by atoms with Crippen LogP contribution in [0.25, 0.3) is 10.9 Å². The van der Waals surface area contributed by atoms with Crippen molar-refractivity contribution >= 4 is 22.7 Å². The summed E-state index contributed by atoms with van der Waals surface area (Å²) in [5, 5.41) is 1.10. The van der Waals surface area contributed by atoms with Crippen LogP contribution in [-0.2, 0) is 0 Å². The van der Waals surface area contributed by atoms with Crippen LogP contribution in [0.4, 0.5) is 11.8 Å². The van der Waals surface area contributed by atoms with Crippen LogP contribution in [0.3, 0.4) is 0 Å². The predicted molar refractivity (Wildman–Crippen MR) is 87.2 cm³/mol. The topological polar surface area (TPSA) is 67.1 Å². The molecule has 0 amide bonds. The van der Waals surface area contributed by atoms with Crippen LogP contribution in [0.5, 0.6) is 0 Å². The van der Waals surface area contributed by atoms with Crippen molar-refractivity contribution in [2.24, 2.45) is 11.8 Å². The van der Waals surface area contributed by atoms with Gasteiger partial charge in [-0.3, -0.25) is 5.43 Å². The Kier molecular flexibility index (Phi) is 4.20. The Hall–Kier alpha value is -1.88. The Bertz CT molecular complexity index is 613. The second-order valence-corrected chi connectivity index (χ2v) is 5.72. The fourth-order valence-corrected chi connectivity index (χ4v) is 3.15. The minimum absolute atomic E-state index is 0.486. The molecule has 3 N–H and O–H groups in total. The molecule has 112 valence electrons. The van der Waals surface area contributed by atoms with Crippen molar-refractivity contribution in [3.8, 4) is 0 Å². The third-order valence-electron chi connectivity index (χ3n) is 4.44. The molecule has 3 rings (SSSR count). The molecule has 1 aliphatic heterocycles. The standard InChI is InChI=1S/C16H23N5/c1-2-12-6-5-10-21(11-9-12)15-13-7-3-4-8-14(13)18-16(19-15)20-17/h3-4,7-8,12H,2,5-6,9-11,17H2,1H3,(H,18,19,20). The first-order chi connectivity index (χ1) is 10.3. The molecule has 0 saturated carbocycles. The van der Waals surface area contributed by atoms with E-state index in [1.807, 2.05) is 18.2 Å². The Morgan fingerprint density at radius 3 is 2.90 bits per heavy atom. The molecule has 5 heteroatoms. The molecule has 21 heavy (non-hydrogen) atoms. The summed E-state index contributed by atoms with van der Waals surface area (Å²) in [4.78, 5) is 11.4. The van der Waals surface area contributed by atoms with Crippen molar-refractivity contribution < 1.29 is 0 Å². The van der Waals surface area contributed by atoms with Gasteiger partial charge in [0.05, 0.1) is 5.52 Å². The number of para-hydroxylation sites is 1. The molecule has 1 aliphatic rings. The van der Waals surface area contributed by atoms with Gasteiger partial charge in [-0.2, -0.15) is 4.98 Å². The Morgan fingerprint density at radius 1 is 1.24 bits per heavy atom. The average Bonchev–Trinajstić information content (AvgIpc) is 2.79. The lowest BCUT2D eigenvalue weighted by Crippen LogP contribution is -2.26. The number of benzene rings is 1.